The summed E-state index contributed by atoms with van der Waals surface area (Å²) in [6.45, 7) is 7.21. The van der Waals surface area contributed by atoms with Crippen molar-refractivity contribution in [2.45, 2.75) is 52.1 Å². The van der Waals surface area contributed by atoms with Crippen LogP contribution in [0.2, 0.25) is 0 Å². The van der Waals surface area contributed by atoms with Crippen LogP contribution in [0.4, 0.5) is 13.6 Å². The Kier molecular flexibility index (Phi) is 3.99. The van der Waals surface area contributed by atoms with Gasteiger partial charge in [-0.1, -0.05) is 6.92 Å². The van der Waals surface area contributed by atoms with E-state index in [1.807, 2.05) is 0 Å². The van der Waals surface area contributed by atoms with Gasteiger partial charge in [0.2, 0.25) is 0 Å². The van der Waals surface area contributed by atoms with Gasteiger partial charge in [0, 0.05) is 25.4 Å². The van der Waals surface area contributed by atoms with Crippen LogP contribution >= 0.6 is 0 Å². The molecule has 0 radical (unpaired) electrons. The first kappa shape index (κ1) is 14.2. The molecule has 0 aromatic heterocycles. The highest BCUT2D eigenvalue weighted by Gasteiger charge is 2.43. The van der Waals surface area contributed by atoms with E-state index >= 15 is 0 Å². The maximum atomic E-state index is 13.5. The molecular formula is C12H21F2NO2. The summed E-state index contributed by atoms with van der Waals surface area (Å²) >= 11 is 0. The summed E-state index contributed by atoms with van der Waals surface area (Å²) < 4.78 is 32.1. The van der Waals surface area contributed by atoms with Crippen molar-refractivity contribution in [1.29, 1.82) is 0 Å². The SMILES string of the molecule is CCC(F)(F)[C@@H]1CCN(C(=O)OC(C)(C)C)C1. The van der Waals surface area contributed by atoms with Gasteiger partial charge in [-0.25, -0.2) is 13.6 Å². The number of carbonyl (C=O) groups is 1. The highest BCUT2D eigenvalue weighted by atomic mass is 19.3. The maximum absolute atomic E-state index is 13.5. The van der Waals surface area contributed by atoms with E-state index in [1.165, 1.54) is 11.8 Å². The lowest BCUT2D eigenvalue weighted by molar-refractivity contribution is -0.0573. The number of rotatable bonds is 2. The molecule has 1 amide bonds. The van der Waals surface area contributed by atoms with E-state index in [4.69, 9.17) is 4.74 Å². The summed E-state index contributed by atoms with van der Waals surface area (Å²) in [6, 6.07) is 0. The van der Waals surface area contributed by atoms with E-state index in [0.29, 0.717) is 13.0 Å². The van der Waals surface area contributed by atoms with Crippen molar-refractivity contribution in [3.8, 4) is 0 Å². The van der Waals surface area contributed by atoms with Crippen LogP contribution in [0, 0.1) is 5.92 Å². The molecule has 0 N–H and O–H groups in total. The van der Waals surface area contributed by atoms with Crippen molar-refractivity contribution in [1.82, 2.24) is 4.90 Å². The fraction of sp³-hybridized carbons (Fsp3) is 0.917. The number of amides is 1. The number of hydrogen-bond acceptors (Lipinski definition) is 2. The zero-order valence-electron chi connectivity index (χ0n) is 10.9. The smallest absolute Gasteiger partial charge is 0.410 e. The van der Waals surface area contributed by atoms with Gasteiger partial charge >= 0.3 is 6.09 Å². The molecule has 100 valence electrons. The van der Waals surface area contributed by atoms with Crippen LogP contribution < -0.4 is 0 Å². The molecule has 17 heavy (non-hydrogen) atoms. The molecule has 0 aromatic rings. The summed E-state index contributed by atoms with van der Waals surface area (Å²) in [4.78, 5) is 13.1. The topological polar surface area (TPSA) is 29.5 Å². The lowest BCUT2D eigenvalue weighted by Crippen LogP contribution is -2.37. The molecule has 1 aliphatic rings. The molecule has 0 spiro atoms. The fourth-order valence-corrected chi connectivity index (χ4v) is 1.89. The number of halogens is 2. The third-order valence-electron chi connectivity index (χ3n) is 2.91. The minimum atomic E-state index is -2.68. The normalized spacial score (nSPS) is 21.8. The zero-order chi connectivity index (χ0) is 13.3. The second-order valence-electron chi connectivity index (χ2n) is 5.53. The fourth-order valence-electron chi connectivity index (χ4n) is 1.89. The van der Waals surface area contributed by atoms with Crippen molar-refractivity contribution < 1.29 is 18.3 Å². The molecule has 1 atom stereocenters. The average Bonchev–Trinajstić information content (AvgIpc) is 2.64. The first-order valence-electron chi connectivity index (χ1n) is 6.01. The van der Waals surface area contributed by atoms with E-state index in [1.54, 1.807) is 20.8 Å². The monoisotopic (exact) mass is 249 g/mol. The Morgan fingerprint density at radius 3 is 2.47 bits per heavy atom. The van der Waals surface area contributed by atoms with Crippen molar-refractivity contribution in [3.63, 3.8) is 0 Å². The lowest BCUT2D eigenvalue weighted by Gasteiger charge is -2.25. The lowest BCUT2D eigenvalue weighted by atomic mass is 9.99. The number of likely N-dealkylation sites (tertiary alicyclic amines) is 1. The Bertz CT molecular complexity index is 287. The summed E-state index contributed by atoms with van der Waals surface area (Å²) in [5, 5.41) is 0. The Hall–Kier alpha value is -0.870. The molecule has 3 nitrogen and oxygen atoms in total. The van der Waals surface area contributed by atoms with Gasteiger partial charge in [0.15, 0.2) is 0 Å². The van der Waals surface area contributed by atoms with Crippen molar-refractivity contribution in [2.75, 3.05) is 13.1 Å². The number of alkyl halides is 2. The third-order valence-corrected chi connectivity index (χ3v) is 2.91. The van der Waals surface area contributed by atoms with Crippen LogP contribution in [-0.2, 0) is 4.74 Å². The maximum Gasteiger partial charge on any atom is 0.410 e. The van der Waals surface area contributed by atoms with E-state index in [0.717, 1.165) is 0 Å². The number of hydrogen-bond donors (Lipinski definition) is 0. The molecular weight excluding hydrogens is 228 g/mol. The summed E-state index contributed by atoms with van der Waals surface area (Å²) in [6.07, 6.45) is -0.327. The van der Waals surface area contributed by atoms with Crippen molar-refractivity contribution in [3.05, 3.63) is 0 Å². The summed E-state index contributed by atoms with van der Waals surface area (Å²) in [5.41, 5.74) is -0.581. The molecule has 1 heterocycles. The van der Waals surface area contributed by atoms with Crippen molar-refractivity contribution >= 4 is 6.09 Å². The molecule has 0 aromatic carbocycles. The van der Waals surface area contributed by atoms with Crippen LogP contribution in [0.25, 0.3) is 0 Å². The second kappa shape index (κ2) is 4.78. The average molecular weight is 249 g/mol. The first-order valence-corrected chi connectivity index (χ1v) is 6.01. The summed E-state index contributed by atoms with van der Waals surface area (Å²) in [7, 11) is 0. The van der Waals surface area contributed by atoms with Gasteiger partial charge in [-0.05, 0) is 27.2 Å². The van der Waals surface area contributed by atoms with Gasteiger partial charge in [-0.3, -0.25) is 0 Å². The zero-order valence-corrected chi connectivity index (χ0v) is 10.9. The molecule has 0 aliphatic carbocycles. The van der Waals surface area contributed by atoms with E-state index in [-0.39, 0.29) is 13.0 Å². The van der Waals surface area contributed by atoms with Gasteiger partial charge in [0.1, 0.15) is 5.60 Å². The van der Waals surface area contributed by atoms with Crippen molar-refractivity contribution in [2.24, 2.45) is 5.92 Å². The Labute approximate surface area is 101 Å². The molecule has 0 unspecified atom stereocenters. The minimum Gasteiger partial charge on any atom is -0.444 e. The highest BCUT2D eigenvalue weighted by Crippen LogP contribution is 2.35. The molecule has 1 rings (SSSR count). The second-order valence-corrected chi connectivity index (χ2v) is 5.53. The van der Waals surface area contributed by atoms with E-state index in [9.17, 15) is 13.6 Å². The van der Waals surface area contributed by atoms with Gasteiger partial charge in [-0.2, -0.15) is 0 Å². The molecule has 1 aliphatic heterocycles. The molecule has 1 saturated heterocycles. The van der Waals surface area contributed by atoms with E-state index < -0.39 is 23.5 Å². The molecule has 0 bridgehead atoms. The van der Waals surface area contributed by atoms with Gasteiger partial charge in [0.25, 0.3) is 5.92 Å². The number of ether oxygens (including phenoxy) is 1. The Balaban J connectivity index is 2.54. The first-order chi connectivity index (χ1) is 7.65. The predicted molar refractivity (Wildman–Crippen MR) is 61.2 cm³/mol. The number of nitrogens with zero attached hydrogens (tertiary/aromatic N) is 1. The largest absolute Gasteiger partial charge is 0.444 e. The molecule has 0 saturated carbocycles. The Morgan fingerprint density at radius 1 is 1.41 bits per heavy atom. The number of carbonyl (C=O) groups excluding carboxylic acids is 1. The minimum absolute atomic E-state index is 0.0930. The Morgan fingerprint density at radius 2 is 2.00 bits per heavy atom. The van der Waals surface area contributed by atoms with Crippen LogP contribution in [0.3, 0.4) is 0 Å². The molecule has 1 fully saturated rings. The van der Waals surface area contributed by atoms with E-state index in [2.05, 4.69) is 0 Å². The predicted octanol–water partition coefficient (Wildman–Crippen LogP) is 3.29. The van der Waals surface area contributed by atoms with Crippen LogP contribution in [0.1, 0.15) is 40.5 Å². The van der Waals surface area contributed by atoms with Gasteiger partial charge < -0.3 is 9.64 Å². The van der Waals surface area contributed by atoms with Crippen LogP contribution in [-0.4, -0.2) is 35.6 Å². The standard InChI is InChI=1S/C12H21F2NO2/c1-5-12(13,14)9-6-7-15(8-9)10(16)17-11(2,3)4/h9H,5-8H2,1-4H3/t9-/m1/s1. The highest BCUT2D eigenvalue weighted by molar-refractivity contribution is 5.68. The van der Waals surface area contributed by atoms with Gasteiger partial charge in [-0.15, -0.1) is 0 Å². The summed E-state index contributed by atoms with van der Waals surface area (Å²) in [5.74, 6) is -3.42. The van der Waals surface area contributed by atoms with Gasteiger partial charge in [0.05, 0.1) is 0 Å². The molecule has 5 heteroatoms. The van der Waals surface area contributed by atoms with Crippen LogP contribution in [0.15, 0.2) is 0 Å². The quantitative estimate of drug-likeness (QED) is 0.751. The third kappa shape index (κ3) is 3.82. The van der Waals surface area contributed by atoms with Crippen LogP contribution in [0.5, 0.6) is 0 Å².